The number of benzene rings is 3. The Hall–Kier alpha value is -5.59. The largest absolute Gasteiger partial charge is 0.489 e. The number of nitrogens with one attached hydrogen (secondary N) is 1. The lowest BCUT2D eigenvalue weighted by Gasteiger charge is -2.08. The molecule has 12 nitrogen and oxygen atoms in total. The molecule has 2 heterocycles. The summed E-state index contributed by atoms with van der Waals surface area (Å²) in [6, 6.07) is 20.7. The van der Waals surface area contributed by atoms with Crippen LogP contribution in [0.15, 0.2) is 82.5 Å². The van der Waals surface area contributed by atoms with Crippen molar-refractivity contribution in [3.63, 3.8) is 0 Å². The van der Waals surface area contributed by atoms with Gasteiger partial charge in [0.25, 0.3) is 5.91 Å². The number of anilines is 1. The van der Waals surface area contributed by atoms with Crippen molar-refractivity contribution in [1.29, 1.82) is 0 Å². The van der Waals surface area contributed by atoms with Crippen LogP contribution < -0.4 is 20.6 Å². The fraction of sp³-hybridized carbons (Fsp3) is 0.111. The molecule has 0 aliphatic carbocycles. The number of nitrogens with two attached hydrogens (primary N) is 1. The van der Waals surface area contributed by atoms with Gasteiger partial charge >= 0.3 is 0 Å². The van der Waals surface area contributed by atoms with Gasteiger partial charge in [0.05, 0.1) is 6.21 Å². The maximum Gasteiger partial charge on any atom is 0.293 e. The van der Waals surface area contributed by atoms with Gasteiger partial charge in [-0.15, -0.1) is 5.10 Å². The first-order chi connectivity index (χ1) is 19.5. The minimum Gasteiger partial charge on any atom is -0.489 e. The van der Waals surface area contributed by atoms with E-state index in [2.05, 4.69) is 35.8 Å². The molecule has 0 bridgehead atoms. The summed E-state index contributed by atoms with van der Waals surface area (Å²) in [5.74, 6) is -0.0559. The smallest absolute Gasteiger partial charge is 0.293 e. The van der Waals surface area contributed by atoms with Crippen LogP contribution in [0.4, 0.5) is 10.2 Å². The van der Waals surface area contributed by atoms with Crippen molar-refractivity contribution in [2.45, 2.75) is 20.1 Å². The third-order valence-electron chi connectivity index (χ3n) is 5.65. The molecular formula is C27H23FN8O4. The van der Waals surface area contributed by atoms with Crippen LogP contribution in [0.3, 0.4) is 0 Å². The van der Waals surface area contributed by atoms with E-state index in [-0.39, 0.29) is 29.6 Å². The number of carbonyl (C=O) groups excluding carboxylic acids is 1. The Kier molecular flexibility index (Phi) is 7.72. The summed E-state index contributed by atoms with van der Waals surface area (Å²) in [5, 5.41) is 19.1. The first-order valence-corrected chi connectivity index (χ1v) is 12.0. The zero-order valence-electron chi connectivity index (χ0n) is 21.2. The highest BCUT2D eigenvalue weighted by molar-refractivity contribution is 5.94. The summed E-state index contributed by atoms with van der Waals surface area (Å²) in [6.45, 7) is 2.31. The van der Waals surface area contributed by atoms with Crippen molar-refractivity contribution in [2.75, 3.05) is 5.73 Å². The predicted octanol–water partition coefficient (Wildman–Crippen LogP) is 3.60. The highest BCUT2D eigenvalue weighted by Gasteiger charge is 2.24. The normalized spacial score (nSPS) is 11.1. The van der Waals surface area contributed by atoms with Crippen LogP contribution in [-0.4, -0.2) is 37.4 Å². The second-order valence-electron chi connectivity index (χ2n) is 8.55. The van der Waals surface area contributed by atoms with Gasteiger partial charge in [-0.1, -0.05) is 35.0 Å². The number of ether oxygens (including phenoxy) is 2. The number of hydrogen-bond donors (Lipinski definition) is 2. The Morgan fingerprint density at radius 3 is 2.35 bits per heavy atom. The molecule has 0 fully saturated rings. The molecule has 0 aliphatic heterocycles. The maximum atomic E-state index is 13.2. The first-order valence-electron chi connectivity index (χ1n) is 12.0. The van der Waals surface area contributed by atoms with Gasteiger partial charge < -0.3 is 15.2 Å². The van der Waals surface area contributed by atoms with Gasteiger partial charge in [0.1, 0.15) is 36.2 Å². The second kappa shape index (κ2) is 11.9. The molecular weight excluding hydrogens is 519 g/mol. The fourth-order valence-electron chi connectivity index (χ4n) is 3.52. The van der Waals surface area contributed by atoms with E-state index < -0.39 is 11.7 Å². The Labute approximate surface area is 227 Å². The van der Waals surface area contributed by atoms with E-state index in [0.29, 0.717) is 18.1 Å². The number of aryl methyl sites for hydroxylation is 1. The van der Waals surface area contributed by atoms with E-state index in [1.54, 1.807) is 12.1 Å². The molecule has 13 heteroatoms. The van der Waals surface area contributed by atoms with Crippen LogP contribution >= 0.6 is 0 Å². The van der Waals surface area contributed by atoms with Gasteiger partial charge in [-0.2, -0.15) is 9.78 Å². The van der Waals surface area contributed by atoms with Crippen LogP contribution in [0.25, 0.3) is 5.82 Å². The van der Waals surface area contributed by atoms with Gasteiger partial charge in [0, 0.05) is 0 Å². The van der Waals surface area contributed by atoms with Gasteiger partial charge in [0.2, 0.25) is 11.6 Å². The third-order valence-corrected chi connectivity index (χ3v) is 5.65. The molecule has 3 aromatic carbocycles. The summed E-state index contributed by atoms with van der Waals surface area (Å²) in [7, 11) is 0. The molecule has 3 N–H and O–H groups in total. The van der Waals surface area contributed by atoms with Crippen LogP contribution in [0.5, 0.6) is 11.5 Å². The number of amides is 1. The van der Waals surface area contributed by atoms with Crippen molar-refractivity contribution in [1.82, 2.24) is 30.7 Å². The predicted molar refractivity (Wildman–Crippen MR) is 141 cm³/mol. The molecule has 5 rings (SSSR count). The minimum absolute atomic E-state index is 0.0254. The number of aromatic nitrogens is 5. The molecule has 0 aliphatic rings. The molecule has 0 saturated heterocycles. The Morgan fingerprint density at radius 1 is 1.00 bits per heavy atom. The van der Waals surface area contributed by atoms with Crippen molar-refractivity contribution in [3.8, 4) is 17.3 Å². The standard InChI is InChI=1S/C27H23FN8O4/c1-17-2-4-19(5-3-17)15-38-21-10-6-18(7-11-21)14-30-32-27(37)24-23(16-39-22-12-8-20(28)9-13-22)36(35-31-24)26-25(29)33-40-34-26/h2-14H,15-16H2,1H3,(H2,29,33)(H,32,37). The quantitative estimate of drug-likeness (QED) is 0.199. The average Bonchev–Trinajstić information content (AvgIpc) is 3.58. The fourth-order valence-corrected chi connectivity index (χ4v) is 3.52. The average molecular weight is 543 g/mol. The van der Waals surface area contributed by atoms with E-state index in [1.807, 2.05) is 43.3 Å². The van der Waals surface area contributed by atoms with E-state index in [1.165, 1.54) is 40.7 Å². The number of rotatable bonds is 10. The van der Waals surface area contributed by atoms with Gasteiger partial charge in [-0.3, -0.25) is 4.79 Å². The van der Waals surface area contributed by atoms with Crippen LogP contribution in [0.1, 0.15) is 32.9 Å². The number of nitrogens with zero attached hydrogens (tertiary/aromatic N) is 6. The van der Waals surface area contributed by atoms with Crippen molar-refractivity contribution in [3.05, 3.63) is 107 Å². The van der Waals surface area contributed by atoms with Gasteiger partial charge in [-0.25, -0.2) is 14.4 Å². The zero-order chi connectivity index (χ0) is 27.9. The molecule has 1 amide bonds. The summed E-state index contributed by atoms with van der Waals surface area (Å²) in [5.41, 5.74) is 11.3. The summed E-state index contributed by atoms with van der Waals surface area (Å²) in [6.07, 6.45) is 1.47. The molecule has 40 heavy (non-hydrogen) atoms. The molecule has 0 saturated carbocycles. The van der Waals surface area contributed by atoms with Crippen molar-refractivity contribution < 1.29 is 23.3 Å². The SMILES string of the molecule is Cc1ccc(COc2ccc(C=NNC(=O)c3nnn(-c4nonc4N)c3COc3ccc(F)cc3)cc2)cc1. The van der Waals surface area contributed by atoms with E-state index >= 15 is 0 Å². The van der Waals surface area contributed by atoms with Crippen molar-refractivity contribution >= 4 is 17.9 Å². The lowest BCUT2D eigenvalue weighted by Crippen LogP contribution is -2.21. The molecule has 0 radical (unpaired) electrons. The second-order valence-corrected chi connectivity index (χ2v) is 8.55. The highest BCUT2D eigenvalue weighted by atomic mass is 19.1. The first kappa shape index (κ1) is 26.0. The molecule has 5 aromatic rings. The van der Waals surface area contributed by atoms with E-state index in [4.69, 9.17) is 15.2 Å². The number of carbonyl (C=O) groups is 1. The number of halogens is 1. The maximum absolute atomic E-state index is 13.2. The highest BCUT2D eigenvalue weighted by Crippen LogP contribution is 2.19. The van der Waals surface area contributed by atoms with Crippen LogP contribution in [0.2, 0.25) is 0 Å². The molecule has 0 unspecified atom stereocenters. The number of hydrogen-bond acceptors (Lipinski definition) is 10. The monoisotopic (exact) mass is 542 g/mol. The molecule has 202 valence electrons. The van der Waals surface area contributed by atoms with Crippen molar-refractivity contribution in [2.24, 2.45) is 5.10 Å². The summed E-state index contributed by atoms with van der Waals surface area (Å²) >= 11 is 0. The Morgan fingerprint density at radius 2 is 1.68 bits per heavy atom. The minimum atomic E-state index is -0.659. The van der Waals surface area contributed by atoms with E-state index in [0.717, 1.165) is 11.1 Å². The van der Waals surface area contributed by atoms with Crippen LogP contribution in [0, 0.1) is 12.7 Å². The van der Waals surface area contributed by atoms with Gasteiger partial charge in [-0.05, 0) is 76.9 Å². The lowest BCUT2D eigenvalue weighted by atomic mass is 10.2. The van der Waals surface area contributed by atoms with E-state index in [9.17, 15) is 9.18 Å². The summed E-state index contributed by atoms with van der Waals surface area (Å²) < 4.78 is 30.6. The zero-order valence-corrected chi connectivity index (χ0v) is 21.2. The third kappa shape index (κ3) is 6.27. The lowest BCUT2D eigenvalue weighted by molar-refractivity contribution is 0.0947. The number of nitrogen functional groups attached to an aromatic ring is 1. The molecule has 0 atom stereocenters. The van der Waals surface area contributed by atoms with Crippen LogP contribution in [-0.2, 0) is 13.2 Å². The molecule has 0 spiro atoms. The summed E-state index contributed by atoms with van der Waals surface area (Å²) in [4.78, 5) is 12.9. The Bertz CT molecular complexity index is 1610. The molecule has 2 aromatic heterocycles. The number of hydrazone groups is 1. The topological polar surface area (TPSA) is 156 Å². The van der Waals surface area contributed by atoms with Gasteiger partial charge in [0.15, 0.2) is 5.69 Å². The Balaban J connectivity index is 1.24.